The molecule has 120 valence electrons. The minimum absolute atomic E-state index is 0.00391. The van der Waals surface area contributed by atoms with E-state index in [1.807, 2.05) is 31.2 Å². The zero-order chi connectivity index (χ0) is 16.4. The smallest absolute Gasteiger partial charge is 0.259 e. The maximum absolute atomic E-state index is 12.3. The number of nitrogens with one attached hydrogen (secondary N) is 1. The highest BCUT2D eigenvalue weighted by atomic mass is 16.3. The topological polar surface area (TPSA) is 52.6 Å². The molecule has 1 saturated heterocycles. The third-order valence-corrected chi connectivity index (χ3v) is 4.31. The van der Waals surface area contributed by atoms with Crippen LogP contribution in [0.15, 0.2) is 42.5 Å². The zero-order valence-electron chi connectivity index (χ0n) is 13.5. The minimum atomic E-state index is -0.297. The van der Waals surface area contributed by atoms with Crippen molar-refractivity contribution in [3.8, 4) is 5.75 Å². The standard InChI is InChI=1S/C19H22N2O2/c1-13-3-8-18(22)17(11-13)19(23)20-15-4-6-16(7-5-15)21-10-9-14(2)12-21/h3-8,11,14,22H,9-10,12H2,1-2H3,(H,20,23). The van der Waals surface area contributed by atoms with Gasteiger partial charge in [0.15, 0.2) is 0 Å². The van der Waals surface area contributed by atoms with E-state index in [4.69, 9.17) is 0 Å². The van der Waals surface area contributed by atoms with Gasteiger partial charge in [-0.1, -0.05) is 18.6 Å². The van der Waals surface area contributed by atoms with Gasteiger partial charge in [0, 0.05) is 24.5 Å². The summed E-state index contributed by atoms with van der Waals surface area (Å²) in [5, 5.41) is 12.7. The maximum atomic E-state index is 12.3. The summed E-state index contributed by atoms with van der Waals surface area (Å²) in [6, 6.07) is 12.9. The Morgan fingerprint density at radius 2 is 1.96 bits per heavy atom. The van der Waals surface area contributed by atoms with Crippen molar-refractivity contribution in [1.82, 2.24) is 0 Å². The summed E-state index contributed by atoms with van der Waals surface area (Å²) in [6.45, 7) is 6.33. The number of phenolic OH excluding ortho intramolecular Hbond substituents is 1. The van der Waals surface area contributed by atoms with Crippen molar-refractivity contribution in [3.63, 3.8) is 0 Å². The van der Waals surface area contributed by atoms with E-state index in [9.17, 15) is 9.90 Å². The molecule has 4 heteroatoms. The SMILES string of the molecule is Cc1ccc(O)c(C(=O)Nc2ccc(N3CCC(C)C3)cc2)c1. The van der Waals surface area contributed by atoms with Crippen molar-refractivity contribution in [2.24, 2.45) is 5.92 Å². The second-order valence-electron chi connectivity index (χ2n) is 6.36. The molecule has 0 aliphatic carbocycles. The molecule has 0 spiro atoms. The van der Waals surface area contributed by atoms with Crippen molar-refractivity contribution in [2.75, 3.05) is 23.3 Å². The number of benzene rings is 2. The summed E-state index contributed by atoms with van der Waals surface area (Å²) < 4.78 is 0. The Hall–Kier alpha value is -2.49. The van der Waals surface area contributed by atoms with E-state index in [0.717, 1.165) is 30.3 Å². The number of hydrogen-bond donors (Lipinski definition) is 2. The molecule has 2 N–H and O–H groups in total. The first kappa shape index (κ1) is 15.4. The van der Waals surface area contributed by atoms with Crippen LogP contribution in [-0.2, 0) is 0 Å². The van der Waals surface area contributed by atoms with E-state index in [2.05, 4.69) is 17.1 Å². The van der Waals surface area contributed by atoms with Crippen LogP contribution in [-0.4, -0.2) is 24.1 Å². The van der Waals surface area contributed by atoms with Crippen LogP contribution in [0.5, 0.6) is 5.75 Å². The maximum Gasteiger partial charge on any atom is 0.259 e. The van der Waals surface area contributed by atoms with E-state index in [0.29, 0.717) is 5.56 Å². The van der Waals surface area contributed by atoms with Crippen LogP contribution in [0.1, 0.15) is 29.3 Å². The van der Waals surface area contributed by atoms with Gasteiger partial charge < -0.3 is 15.3 Å². The highest BCUT2D eigenvalue weighted by Crippen LogP contribution is 2.25. The van der Waals surface area contributed by atoms with Gasteiger partial charge in [0.05, 0.1) is 5.56 Å². The number of nitrogens with zero attached hydrogens (tertiary/aromatic N) is 1. The van der Waals surface area contributed by atoms with Gasteiger partial charge >= 0.3 is 0 Å². The summed E-state index contributed by atoms with van der Waals surface area (Å²) in [5.74, 6) is 0.434. The van der Waals surface area contributed by atoms with Gasteiger partial charge in [-0.2, -0.15) is 0 Å². The van der Waals surface area contributed by atoms with Crippen molar-refractivity contribution in [2.45, 2.75) is 20.3 Å². The molecule has 1 aliphatic heterocycles. The van der Waals surface area contributed by atoms with Gasteiger partial charge in [0.25, 0.3) is 5.91 Å². The monoisotopic (exact) mass is 310 g/mol. The molecule has 23 heavy (non-hydrogen) atoms. The van der Waals surface area contributed by atoms with Crippen LogP contribution in [0.3, 0.4) is 0 Å². The molecule has 1 aliphatic rings. The van der Waals surface area contributed by atoms with Gasteiger partial charge in [0.2, 0.25) is 0 Å². The predicted octanol–water partition coefficient (Wildman–Crippen LogP) is 3.80. The molecule has 1 amide bonds. The lowest BCUT2D eigenvalue weighted by molar-refractivity contribution is 0.102. The molecule has 1 atom stereocenters. The molecule has 0 saturated carbocycles. The molecule has 0 bridgehead atoms. The van der Waals surface area contributed by atoms with Crippen LogP contribution in [0.2, 0.25) is 0 Å². The average Bonchev–Trinajstić information content (AvgIpc) is 2.97. The summed E-state index contributed by atoms with van der Waals surface area (Å²) >= 11 is 0. The summed E-state index contributed by atoms with van der Waals surface area (Å²) in [6.07, 6.45) is 1.23. The average molecular weight is 310 g/mol. The number of carbonyl (C=O) groups is 1. The molecule has 0 aromatic heterocycles. The van der Waals surface area contributed by atoms with Crippen LogP contribution in [0.4, 0.5) is 11.4 Å². The molecule has 1 unspecified atom stereocenters. The summed E-state index contributed by atoms with van der Waals surface area (Å²) in [5.41, 5.74) is 3.14. The van der Waals surface area contributed by atoms with Crippen LogP contribution in [0.25, 0.3) is 0 Å². The molecule has 2 aromatic carbocycles. The Morgan fingerprint density at radius 1 is 1.22 bits per heavy atom. The van der Waals surface area contributed by atoms with E-state index >= 15 is 0 Å². The lowest BCUT2D eigenvalue weighted by Crippen LogP contribution is -2.19. The Morgan fingerprint density at radius 3 is 2.61 bits per heavy atom. The van der Waals surface area contributed by atoms with Gasteiger partial charge in [-0.05, 0) is 55.7 Å². The highest BCUT2D eigenvalue weighted by Gasteiger charge is 2.18. The second-order valence-corrected chi connectivity index (χ2v) is 6.36. The van der Waals surface area contributed by atoms with Gasteiger partial charge in [-0.3, -0.25) is 4.79 Å². The first-order valence-electron chi connectivity index (χ1n) is 7.99. The molecular formula is C19H22N2O2. The molecular weight excluding hydrogens is 288 g/mol. The zero-order valence-corrected chi connectivity index (χ0v) is 13.5. The fourth-order valence-corrected chi connectivity index (χ4v) is 2.96. The Bertz CT molecular complexity index is 710. The van der Waals surface area contributed by atoms with Crippen molar-refractivity contribution in [3.05, 3.63) is 53.6 Å². The van der Waals surface area contributed by atoms with E-state index in [1.165, 1.54) is 12.1 Å². The fourth-order valence-electron chi connectivity index (χ4n) is 2.96. The Balaban J connectivity index is 1.70. The minimum Gasteiger partial charge on any atom is -0.507 e. The van der Waals surface area contributed by atoms with Gasteiger partial charge in [-0.15, -0.1) is 0 Å². The third-order valence-electron chi connectivity index (χ3n) is 4.31. The number of aryl methyl sites for hydroxylation is 1. The number of rotatable bonds is 3. The van der Waals surface area contributed by atoms with Crippen molar-refractivity contribution in [1.29, 1.82) is 0 Å². The lowest BCUT2D eigenvalue weighted by atomic mass is 10.1. The molecule has 0 radical (unpaired) electrons. The van der Waals surface area contributed by atoms with E-state index in [-0.39, 0.29) is 11.7 Å². The molecule has 2 aromatic rings. The second kappa shape index (κ2) is 6.32. The Labute approximate surface area is 136 Å². The van der Waals surface area contributed by atoms with Crippen molar-refractivity contribution >= 4 is 17.3 Å². The molecule has 3 rings (SSSR count). The first-order valence-corrected chi connectivity index (χ1v) is 7.99. The van der Waals surface area contributed by atoms with E-state index < -0.39 is 0 Å². The third kappa shape index (κ3) is 3.47. The number of carbonyl (C=O) groups excluding carboxylic acids is 1. The number of amides is 1. The largest absolute Gasteiger partial charge is 0.507 e. The molecule has 1 fully saturated rings. The van der Waals surface area contributed by atoms with Crippen LogP contribution in [0, 0.1) is 12.8 Å². The lowest BCUT2D eigenvalue weighted by Gasteiger charge is -2.18. The molecule has 1 heterocycles. The van der Waals surface area contributed by atoms with Crippen LogP contribution >= 0.6 is 0 Å². The van der Waals surface area contributed by atoms with Crippen molar-refractivity contribution < 1.29 is 9.90 Å². The highest BCUT2D eigenvalue weighted by molar-refractivity contribution is 6.06. The number of aromatic hydroxyl groups is 1. The summed E-state index contributed by atoms with van der Waals surface area (Å²) in [4.78, 5) is 14.7. The van der Waals surface area contributed by atoms with E-state index in [1.54, 1.807) is 18.2 Å². The first-order chi connectivity index (χ1) is 11.0. The number of anilines is 2. The van der Waals surface area contributed by atoms with Gasteiger partial charge in [-0.25, -0.2) is 0 Å². The number of hydrogen-bond acceptors (Lipinski definition) is 3. The summed E-state index contributed by atoms with van der Waals surface area (Å²) in [7, 11) is 0. The fraction of sp³-hybridized carbons (Fsp3) is 0.316. The quantitative estimate of drug-likeness (QED) is 0.906. The number of phenols is 1. The Kier molecular flexibility index (Phi) is 4.24. The normalized spacial score (nSPS) is 17.3. The van der Waals surface area contributed by atoms with Crippen LogP contribution < -0.4 is 10.2 Å². The van der Waals surface area contributed by atoms with Gasteiger partial charge in [0.1, 0.15) is 5.75 Å². The molecule has 4 nitrogen and oxygen atoms in total. The predicted molar refractivity (Wildman–Crippen MR) is 93.2 cm³/mol.